The number of anilines is 2. The average Bonchev–Trinajstić information content (AvgIpc) is 3.11. The van der Waals surface area contributed by atoms with E-state index < -0.39 is 6.10 Å². The molecule has 0 aliphatic carbocycles. The van der Waals surface area contributed by atoms with Crippen LogP contribution in [0.2, 0.25) is 0 Å². The summed E-state index contributed by atoms with van der Waals surface area (Å²) in [5.41, 5.74) is 0.892. The van der Waals surface area contributed by atoms with E-state index in [1.807, 2.05) is 6.20 Å². The molecule has 1 saturated heterocycles. The molecule has 136 valence electrons. The highest BCUT2D eigenvalue weighted by Gasteiger charge is 2.28. The van der Waals surface area contributed by atoms with Crippen molar-refractivity contribution in [1.29, 1.82) is 0 Å². The van der Waals surface area contributed by atoms with Gasteiger partial charge in [-0.2, -0.15) is 0 Å². The molecule has 1 aromatic carbocycles. The van der Waals surface area contributed by atoms with Gasteiger partial charge in [-0.15, -0.1) is 11.3 Å². The molecule has 3 N–H and O–H groups in total. The predicted octanol–water partition coefficient (Wildman–Crippen LogP) is 2.58. The molecule has 7 nitrogen and oxygen atoms in total. The molecular formula is C18H20N4O3S. The average molecular weight is 372 g/mol. The van der Waals surface area contributed by atoms with Crippen molar-refractivity contribution in [2.45, 2.75) is 31.8 Å². The van der Waals surface area contributed by atoms with Crippen LogP contribution < -0.4 is 20.7 Å². The van der Waals surface area contributed by atoms with Crippen LogP contribution in [0.3, 0.4) is 0 Å². The van der Waals surface area contributed by atoms with Gasteiger partial charge in [0.15, 0.2) is 17.0 Å². The summed E-state index contributed by atoms with van der Waals surface area (Å²) in [5.74, 6) is 0.383. The second-order valence-electron chi connectivity index (χ2n) is 6.48. The number of carbonyl (C=O) groups excluding carboxylic acids is 2. The van der Waals surface area contributed by atoms with Gasteiger partial charge >= 0.3 is 0 Å². The van der Waals surface area contributed by atoms with Gasteiger partial charge in [-0.25, -0.2) is 4.98 Å². The van der Waals surface area contributed by atoms with Crippen molar-refractivity contribution in [2.24, 2.45) is 0 Å². The number of hydrogen-bond donors (Lipinski definition) is 3. The molecule has 1 unspecified atom stereocenters. The minimum absolute atomic E-state index is 0.221. The van der Waals surface area contributed by atoms with Crippen LogP contribution in [0, 0.1) is 0 Å². The van der Waals surface area contributed by atoms with Crippen molar-refractivity contribution in [2.75, 3.05) is 23.7 Å². The van der Waals surface area contributed by atoms with E-state index in [9.17, 15) is 9.59 Å². The Hall–Kier alpha value is -2.45. The van der Waals surface area contributed by atoms with E-state index in [0.717, 1.165) is 25.9 Å². The molecule has 8 heteroatoms. The maximum atomic E-state index is 12.7. The van der Waals surface area contributed by atoms with E-state index in [4.69, 9.17) is 4.74 Å². The zero-order chi connectivity index (χ0) is 18.1. The third-order valence-electron chi connectivity index (χ3n) is 4.67. The Balaban J connectivity index is 1.52. The van der Waals surface area contributed by atoms with Crippen LogP contribution >= 0.6 is 11.3 Å². The summed E-state index contributed by atoms with van der Waals surface area (Å²) in [4.78, 5) is 30.0. The number of nitrogens with one attached hydrogen (secondary N) is 3. The lowest BCUT2D eigenvalue weighted by molar-refractivity contribution is -0.122. The number of thiazole rings is 1. The van der Waals surface area contributed by atoms with Crippen LogP contribution in [0.15, 0.2) is 24.4 Å². The Kier molecular flexibility index (Phi) is 4.60. The van der Waals surface area contributed by atoms with Gasteiger partial charge < -0.3 is 15.4 Å². The van der Waals surface area contributed by atoms with E-state index in [1.165, 1.54) is 16.2 Å². The fourth-order valence-electron chi connectivity index (χ4n) is 3.21. The lowest BCUT2D eigenvalue weighted by Gasteiger charge is -2.24. The van der Waals surface area contributed by atoms with Gasteiger partial charge in [-0.05, 0) is 50.9 Å². The number of para-hydroxylation sites is 1. The normalized spacial score (nSPS) is 20.0. The lowest BCUT2D eigenvalue weighted by Crippen LogP contribution is -2.35. The van der Waals surface area contributed by atoms with Gasteiger partial charge in [-0.1, -0.05) is 6.07 Å². The third-order valence-corrected chi connectivity index (χ3v) is 5.74. The first-order valence-electron chi connectivity index (χ1n) is 8.70. The van der Waals surface area contributed by atoms with Crippen molar-refractivity contribution < 1.29 is 14.3 Å². The maximum Gasteiger partial charge on any atom is 0.265 e. The summed E-state index contributed by atoms with van der Waals surface area (Å²) in [5, 5.41) is 9.54. The fourth-order valence-corrected chi connectivity index (χ4v) is 4.19. The Morgan fingerprint density at radius 1 is 1.35 bits per heavy atom. The number of carbonyl (C=O) groups is 2. The summed E-state index contributed by atoms with van der Waals surface area (Å²) in [6, 6.07) is 5.11. The predicted molar refractivity (Wildman–Crippen MR) is 100 cm³/mol. The molecule has 0 saturated carbocycles. The van der Waals surface area contributed by atoms with Gasteiger partial charge in [-0.3, -0.25) is 14.9 Å². The first kappa shape index (κ1) is 17.0. The molecule has 2 aromatic rings. The topological polar surface area (TPSA) is 92.3 Å². The number of fused-ring (bicyclic) bond motifs is 1. The smallest absolute Gasteiger partial charge is 0.265 e. The number of benzene rings is 1. The van der Waals surface area contributed by atoms with Gasteiger partial charge in [0.1, 0.15) is 0 Å². The second-order valence-corrected chi connectivity index (χ2v) is 7.54. The SMILES string of the molecule is CC1Oc2c(cccc2C(=O)Nc2ncc(C3CCNCC3)s2)NC1=O. The van der Waals surface area contributed by atoms with Crippen LogP contribution in [-0.4, -0.2) is 36.0 Å². The highest BCUT2D eigenvalue weighted by Crippen LogP contribution is 2.35. The van der Waals surface area contributed by atoms with E-state index in [2.05, 4.69) is 20.9 Å². The Labute approximate surface area is 155 Å². The van der Waals surface area contributed by atoms with Gasteiger partial charge in [0.2, 0.25) is 0 Å². The molecule has 2 aliphatic rings. The van der Waals surface area contributed by atoms with Crippen LogP contribution in [0.25, 0.3) is 0 Å². The molecule has 1 aromatic heterocycles. The molecule has 4 rings (SSSR count). The molecule has 1 atom stereocenters. The standard InChI is InChI=1S/C18H20N4O3S/c1-10-16(23)21-13-4-2-3-12(15(13)25-10)17(24)22-18-20-9-14(26-18)11-5-7-19-8-6-11/h2-4,9-11,19H,5-8H2,1H3,(H,21,23)(H,20,22,24). The largest absolute Gasteiger partial charge is 0.478 e. The molecule has 0 spiro atoms. The van der Waals surface area contributed by atoms with Crippen molar-refractivity contribution in [3.05, 3.63) is 34.8 Å². The summed E-state index contributed by atoms with van der Waals surface area (Å²) in [7, 11) is 0. The van der Waals surface area contributed by atoms with Crippen molar-refractivity contribution in [1.82, 2.24) is 10.3 Å². The number of ether oxygens (including phenoxy) is 1. The number of aromatic nitrogens is 1. The minimum atomic E-state index is -0.636. The van der Waals surface area contributed by atoms with Gasteiger partial charge in [0.05, 0.1) is 11.3 Å². The third kappa shape index (κ3) is 3.30. The highest BCUT2D eigenvalue weighted by molar-refractivity contribution is 7.15. The van der Waals surface area contributed by atoms with E-state index in [-0.39, 0.29) is 11.8 Å². The van der Waals surface area contributed by atoms with Crippen LogP contribution in [-0.2, 0) is 4.79 Å². The van der Waals surface area contributed by atoms with Gasteiger partial charge in [0, 0.05) is 11.1 Å². The first-order chi connectivity index (χ1) is 12.6. The Morgan fingerprint density at radius 2 is 2.15 bits per heavy atom. The second kappa shape index (κ2) is 7.05. The van der Waals surface area contributed by atoms with Gasteiger partial charge in [0.25, 0.3) is 11.8 Å². The van der Waals surface area contributed by atoms with Crippen molar-refractivity contribution in [3.63, 3.8) is 0 Å². The summed E-state index contributed by atoms with van der Waals surface area (Å²) >= 11 is 1.52. The molecule has 2 aliphatic heterocycles. The van der Waals surface area contributed by atoms with E-state index in [1.54, 1.807) is 25.1 Å². The molecule has 3 heterocycles. The monoisotopic (exact) mass is 372 g/mol. The molecule has 0 radical (unpaired) electrons. The minimum Gasteiger partial charge on any atom is -0.478 e. The van der Waals surface area contributed by atoms with Crippen molar-refractivity contribution in [3.8, 4) is 5.75 Å². The Bertz CT molecular complexity index is 845. The van der Waals surface area contributed by atoms with E-state index >= 15 is 0 Å². The number of piperidine rings is 1. The maximum absolute atomic E-state index is 12.7. The first-order valence-corrected chi connectivity index (χ1v) is 9.52. The zero-order valence-electron chi connectivity index (χ0n) is 14.4. The van der Waals surface area contributed by atoms with Crippen LogP contribution in [0.5, 0.6) is 5.75 Å². The molecule has 1 fully saturated rings. The van der Waals surface area contributed by atoms with Crippen LogP contribution in [0.1, 0.15) is 40.9 Å². The molecule has 26 heavy (non-hydrogen) atoms. The summed E-state index contributed by atoms with van der Waals surface area (Å²) < 4.78 is 5.64. The highest BCUT2D eigenvalue weighted by atomic mass is 32.1. The number of hydrogen-bond acceptors (Lipinski definition) is 6. The fraction of sp³-hybridized carbons (Fsp3) is 0.389. The number of amides is 2. The zero-order valence-corrected chi connectivity index (χ0v) is 15.2. The molecular weight excluding hydrogens is 352 g/mol. The summed E-state index contributed by atoms with van der Waals surface area (Å²) in [6.07, 6.45) is 3.40. The molecule has 0 bridgehead atoms. The van der Waals surface area contributed by atoms with E-state index in [0.29, 0.717) is 28.0 Å². The Morgan fingerprint density at radius 3 is 2.96 bits per heavy atom. The van der Waals surface area contributed by atoms with Crippen LogP contribution in [0.4, 0.5) is 10.8 Å². The lowest BCUT2D eigenvalue weighted by atomic mass is 9.97. The summed E-state index contributed by atoms with van der Waals surface area (Å²) in [6.45, 7) is 3.68. The quantitative estimate of drug-likeness (QED) is 0.770. The number of nitrogens with zero attached hydrogens (tertiary/aromatic N) is 1. The van der Waals surface area contributed by atoms with Crippen molar-refractivity contribution >= 4 is 34.0 Å². The molecule has 2 amide bonds. The number of rotatable bonds is 3.